The Hall–Kier alpha value is -1.69. The minimum absolute atomic E-state index is 0.0314. The Morgan fingerprint density at radius 2 is 1.91 bits per heavy atom. The molecule has 3 atom stereocenters. The van der Waals surface area contributed by atoms with Crippen LogP contribution in [-0.2, 0) is 4.74 Å². The van der Waals surface area contributed by atoms with Crippen LogP contribution in [0.25, 0.3) is 0 Å². The number of fused-ring (bicyclic) bond motifs is 1. The van der Waals surface area contributed by atoms with Crippen molar-refractivity contribution < 1.29 is 9.53 Å². The Bertz CT molecular complexity index is 556. The largest absolute Gasteiger partial charge is 0.378 e. The van der Waals surface area contributed by atoms with Gasteiger partial charge in [0.2, 0.25) is 5.95 Å². The van der Waals surface area contributed by atoms with Crippen molar-refractivity contribution in [2.45, 2.75) is 38.1 Å². The standard InChI is InChI=1S/C17H24N4O2/c22-16(20-15-5-4-12-2-1-3-14(12)15)13-10-18-17(19-11-13)21-6-8-23-9-7-21/h10-12,14-15H,1-9H2,(H,20,22)/t12-,14-,15-/m0/s1. The summed E-state index contributed by atoms with van der Waals surface area (Å²) in [5.74, 6) is 2.17. The first-order valence-corrected chi connectivity index (χ1v) is 8.77. The first kappa shape index (κ1) is 14.9. The van der Waals surface area contributed by atoms with Gasteiger partial charge in [0.1, 0.15) is 0 Å². The van der Waals surface area contributed by atoms with Gasteiger partial charge in [-0.2, -0.15) is 0 Å². The fourth-order valence-electron chi connectivity index (χ4n) is 4.36. The van der Waals surface area contributed by atoms with Crippen molar-refractivity contribution >= 4 is 11.9 Å². The minimum atomic E-state index is -0.0314. The Labute approximate surface area is 136 Å². The van der Waals surface area contributed by atoms with Crippen molar-refractivity contribution in [3.05, 3.63) is 18.0 Å². The lowest BCUT2D eigenvalue weighted by molar-refractivity contribution is 0.0925. The third-order valence-electron chi connectivity index (χ3n) is 5.59. The molecule has 2 aliphatic carbocycles. The van der Waals surface area contributed by atoms with Gasteiger partial charge < -0.3 is 15.0 Å². The van der Waals surface area contributed by atoms with E-state index < -0.39 is 0 Å². The molecule has 0 radical (unpaired) electrons. The number of nitrogens with one attached hydrogen (secondary N) is 1. The predicted octanol–water partition coefficient (Wildman–Crippen LogP) is 1.62. The Morgan fingerprint density at radius 1 is 1.13 bits per heavy atom. The highest BCUT2D eigenvalue weighted by molar-refractivity contribution is 5.93. The van der Waals surface area contributed by atoms with Gasteiger partial charge in [-0.25, -0.2) is 9.97 Å². The summed E-state index contributed by atoms with van der Waals surface area (Å²) in [6, 6.07) is 0.342. The third-order valence-corrected chi connectivity index (χ3v) is 5.59. The molecule has 2 heterocycles. The second-order valence-corrected chi connectivity index (χ2v) is 6.88. The first-order valence-electron chi connectivity index (χ1n) is 8.77. The van der Waals surface area contributed by atoms with Crippen molar-refractivity contribution in [3.63, 3.8) is 0 Å². The van der Waals surface area contributed by atoms with E-state index >= 15 is 0 Å². The monoisotopic (exact) mass is 316 g/mol. The van der Waals surface area contributed by atoms with Crippen LogP contribution in [0.4, 0.5) is 5.95 Å². The van der Waals surface area contributed by atoms with E-state index in [0.29, 0.717) is 36.7 Å². The number of morpholine rings is 1. The van der Waals surface area contributed by atoms with Crippen molar-refractivity contribution in [2.24, 2.45) is 11.8 Å². The van der Waals surface area contributed by atoms with E-state index in [1.807, 2.05) is 0 Å². The second-order valence-electron chi connectivity index (χ2n) is 6.88. The normalized spacial score (nSPS) is 30.3. The Morgan fingerprint density at radius 3 is 2.70 bits per heavy atom. The van der Waals surface area contributed by atoms with Crippen LogP contribution in [0.5, 0.6) is 0 Å². The molecule has 3 aliphatic rings. The van der Waals surface area contributed by atoms with Crippen LogP contribution >= 0.6 is 0 Å². The molecule has 124 valence electrons. The van der Waals surface area contributed by atoms with Gasteiger partial charge in [0.25, 0.3) is 5.91 Å². The zero-order valence-electron chi connectivity index (χ0n) is 13.4. The highest BCUT2D eigenvalue weighted by atomic mass is 16.5. The molecule has 0 spiro atoms. The molecule has 6 heteroatoms. The van der Waals surface area contributed by atoms with Crippen LogP contribution in [0.15, 0.2) is 12.4 Å². The summed E-state index contributed by atoms with van der Waals surface area (Å²) in [5.41, 5.74) is 0.559. The number of rotatable bonds is 3. The molecule has 1 aromatic heterocycles. The highest BCUT2D eigenvalue weighted by Crippen LogP contribution is 2.43. The number of hydrogen-bond acceptors (Lipinski definition) is 5. The highest BCUT2D eigenvalue weighted by Gasteiger charge is 2.39. The molecular formula is C17H24N4O2. The molecule has 2 saturated carbocycles. The molecule has 1 aliphatic heterocycles. The maximum Gasteiger partial charge on any atom is 0.254 e. The summed E-state index contributed by atoms with van der Waals surface area (Å²) in [5, 5.41) is 3.21. The molecule has 6 nitrogen and oxygen atoms in total. The van der Waals surface area contributed by atoms with E-state index in [1.54, 1.807) is 12.4 Å². The fourth-order valence-corrected chi connectivity index (χ4v) is 4.36. The van der Waals surface area contributed by atoms with Gasteiger partial charge in [-0.1, -0.05) is 12.8 Å². The summed E-state index contributed by atoms with van der Waals surface area (Å²) < 4.78 is 5.33. The number of nitrogens with zero attached hydrogens (tertiary/aromatic N) is 3. The molecule has 0 unspecified atom stereocenters. The van der Waals surface area contributed by atoms with Gasteiger partial charge in [0.15, 0.2) is 0 Å². The van der Waals surface area contributed by atoms with Crippen LogP contribution in [0, 0.1) is 11.8 Å². The van der Waals surface area contributed by atoms with E-state index in [2.05, 4.69) is 20.2 Å². The van der Waals surface area contributed by atoms with Gasteiger partial charge in [0.05, 0.1) is 18.8 Å². The number of anilines is 1. The number of hydrogen-bond donors (Lipinski definition) is 1. The summed E-state index contributed by atoms with van der Waals surface area (Å²) in [6.07, 6.45) is 9.60. The summed E-state index contributed by atoms with van der Waals surface area (Å²) >= 11 is 0. The van der Waals surface area contributed by atoms with Gasteiger partial charge in [-0.05, 0) is 31.1 Å². The first-order chi connectivity index (χ1) is 11.3. The molecule has 4 rings (SSSR count). The predicted molar refractivity (Wildman–Crippen MR) is 86.4 cm³/mol. The van der Waals surface area contributed by atoms with Crippen LogP contribution in [0.2, 0.25) is 0 Å². The van der Waals surface area contributed by atoms with Crippen molar-refractivity contribution in [2.75, 3.05) is 31.2 Å². The molecule has 0 bridgehead atoms. The van der Waals surface area contributed by atoms with Crippen LogP contribution in [0.3, 0.4) is 0 Å². The number of aromatic nitrogens is 2. The van der Waals surface area contributed by atoms with Gasteiger partial charge >= 0.3 is 0 Å². The lowest BCUT2D eigenvalue weighted by Gasteiger charge is -2.26. The number of carbonyl (C=O) groups is 1. The molecule has 3 fully saturated rings. The molecule has 23 heavy (non-hydrogen) atoms. The summed E-state index contributed by atoms with van der Waals surface area (Å²) in [6.45, 7) is 3.01. The van der Waals surface area contributed by atoms with Gasteiger partial charge in [-0.3, -0.25) is 4.79 Å². The molecule has 1 saturated heterocycles. The quantitative estimate of drug-likeness (QED) is 0.918. The van der Waals surface area contributed by atoms with E-state index in [9.17, 15) is 4.79 Å². The average Bonchev–Trinajstić information content (AvgIpc) is 3.21. The fraction of sp³-hybridized carbons (Fsp3) is 0.706. The number of ether oxygens (including phenoxy) is 1. The molecule has 0 aromatic carbocycles. The van der Waals surface area contributed by atoms with E-state index in [4.69, 9.17) is 4.74 Å². The molecular weight excluding hydrogens is 292 g/mol. The molecule has 1 aromatic rings. The zero-order valence-corrected chi connectivity index (χ0v) is 13.4. The minimum Gasteiger partial charge on any atom is -0.378 e. The summed E-state index contributed by atoms with van der Waals surface area (Å²) in [4.78, 5) is 23.3. The topological polar surface area (TPSA) is 67.4 Å². The SMILES string of the molecule is O=C(N[C@H]1CC[C@@H]2CCC[C@@H]21)c1cnc(N2CCOCC2)nc1. The van der Waals surface area contributed by atoms with Crippen molar-refractivity contribution in [1.82, 2.24) is 15.3 Å². The van der Waals surface area contributed by atoms with E-state index in [0.717, 1.165) is 25.4 Å². The number of amides is 1. The second kappa shape index (κ2) is 6.43. The lowest BCUT2D eigenvalue weighted by Crippen LogP contribution is -2.38. The maximum absolute atomic E-state index is 12.5. The van der Waals surface area contributed by atoms with Gasteiger partial charge in [0, 0.05) is 31.5 Å². The Balaban J connectivity index is 1.38. The Kier molecular flexibility index (Phi) is 4.16. The van der Waals surface area contributed by atoms with Crippen molar-refractivity contribution in [1.29, 1.82) is 0 Å². The number of carbonyl (C=O) groups excluding carboxylic acids is 1. The maximum atomic E-state index is 12.5. The lowest BCUT2D eigenvalue weighted by atomic mass is 9.97. The molecule has 1 N–H and O–H groups in total. The van der Waals surface area contributed by atoms with Crippen LogP contribution < -0.4 is 10.2 Å². The average molecular weight is 316 g/mol. The summed E-state index contributed by atoms with van der Waals surface area (Å²) in [7, 11) is 0. The van der Waals surface area contributed by atoms with Crippen molar-refractivity contribution in [3.8, 4) is 0 Å². The van der Waals surface area contributed by atoms with Crippen LogP contribution in [0.1, 0.15) is 42.5 Å². The van der Waals surface area contributed by atoms with Crippen LogP contribution in [-0.4, -0.2) is 48.2 Å². The molecule has 1 amide bonds. The van der Waals surface area contributed by atoms with E-state index in [1.165, 1.54) is 25.7 Å². The third kappa shape index (κ3) is 3.04. The van der Waals surface area contributed by atoms with Gasteiger partial charge in [-0.15, -0.1) is 0 Å². The zero-order chi connectivity index (χ0) is 15.6. The van der Waals surface area contributed by atoms with E-state index in [-0.39, 0.29) is 5.91 Å². The smallest absolute Gasteiger partial charge is 0.254 e.